The Kier molecular flexibility index (Phi) is 6.77. The number of hydrogen-bond acceptors (Lipinski definition) is 3. The predicted octanol–water partition coefficient (Wildman–Crippen LogP) is 3.54. The Balaban J connectivity index is 1.19. The molecule has 5 rings (SSSR count). The van der Waals surface area contributed by atoms with Gasteiger partial charge in [0, 0.05) is 32.1 Å². The molecule has 2 aromatic carbocycles. The molecular formula is C28H35N3O2. The molecule has 33 heavy (non-hydrogen) atoms. The third-order valence-electron chi connectivity index (χ3n) is 7.41. The average molecular weight is 446 g/mol. The van der Waals surface area contributed by atoms with Gasteiger partial charge in [0.05, 0.1) is 0 Å². The van der Waals surface area contributed by atoms with Gasteiger partial charge >= 0.3 is 0 Å². The van der Waals surface area contributed by atoms with Crippen molar-refractivity contribution in [3.05, 3.63) is 70.8 Å². The van der Waals surface area contributed by atoms with Crippen LogP contribution < -0.4 is 5.32 Å². The molecule has 0 atom stereocenters. The van der Waals surface area contributed by atoms with Gasteiger partial charge in [0.15, 0.2) is 0 Å². The van der Waals surface area contributed by atoms with Crippen LogP contribution in [0.15, 0.2) is 48.5 Å². The molecule has 2 heterocycles. The largest absolute Gasteiger partial charge is 0.341 e. The maximum absolute atomic E-state index is 13.0. The standard InChI is InChI=1S/C28H35N3O2/c32-27-11-10-24-9-8-23(16-21-4-2-1-3-5-21)17-25(24)19-31(27)20-28(33)30-14-12-26(13-15-30)29-18-22-6-7-22/h1-5,8-9,17,22,26,29H,6-7,10-16,18-20H2. The molecule has 2 amide bonds. The first-order chi connectivity index (χ1) is 16.1. The number of rotatable bonds is 7. The van der Waals surface area contributed by atoms with E-state index in [0.717, 1.165) is 51.2 Å². The van der Waals surface area contributed by atoms with E-state index >= 15 is 0 Å². The maximum atomic E-state index is 13.0. The summed E-state index contributed by atoms with van der Waals surface area (Å²) in [4.78, 5) is 29.6. The molecule has 0 unspecified atom stereocenters. The van der Waals surface area contributed by atoms with Crippen LogP contribution in [0.1, 0.15) is 54.4 Å². The molecule has 1 aliphatic carbocycles. The summed E-state index contributed by atoms with van der Waals surface area (Å²) in [6.07, 6.45) is 6.87. The van der Waals surface area contributed by atoms with Gasteiger partial charge in [-0.2, -0.15) is 0 Å². The highest BCUT2D eigenvalue weighted by molar-refractivity contribution is 5.85. The van der Waals surface area contributed by atoms with Crippen LogP contribution in [0, 0.1) is 5.92 Å². The monoisotopic (exact) mass is 445 g/mol. The molecule has 0 bridgehead atoms. The summed E-state index contributed by atoms with van der Waals surface area (Å²) < 4.78 is 0. The van der Waals surface area contributed by atoms with Gasteiger partial charge in [-0.3, -0.25) is 9.59 Å². The van der Waals surface area contributed by atoms with Crippen molar-refractivity contribution in [3.8, 4) is 0 Å². The second kappa shape index (κ2) is 10.1. The fourth-order valence-corrected chi connectivity index (χ4v) is 5.10. The van der Waals surface area contributed by atoms with Crippen molar-refractivity contribution in [2.75, 3.05) is 26.2 Å². The van der Waals surface area contributed by atoms with Crippen LogP contribution in [0.3, 0.4) is 0 Å². The minimum Gasteiger partial charge on any atom is -0.341 e. The molecule has 1 saturated heterocycles. The Morgan fingerprint density at radius 3 is 2.45 bits per heavy atom. The molecule has 2 aromatic rings. The van der Waals surface area contributed by atoms with E-state index < -0.39 is 0 Å². The van der Waals surface area contributed by atoms with Crippen molar-refractivity contribution in [3.63, 3.8) is 0 Å². The normalized spacial score (nSPS) is 19.3. The topological polar surface area (TPSA) is 52.7 Å². The van der Waals surface area contributed by atoms with E-state index in [4.69, 9.17) is 0 Å². The molecule has 0 radical (unpaired) electrons. The fraction of sp³-hybridized carbons (Fsp3) is 0.500. The van der Waals surface area contributed by atoms with Gasteiger partial charge in [-0.05, 0) is 73.2 Å². The van der Waals surface area contributed by atoms with E-state index in [1.54, 1.807) is 4.90 Å². The number of fused-ring (bicyclic) bond motifs is 1. The molecule has 5 nitrogen and oxygen atoms in total. The zero-order valence-electron chi connectivity index (χ0n) is 19.5. The van der Waals surface area contributed by atoms with Crippen molar-refractivity contribution in [2.24, 2.45) is 5.92 Å². The molecule has 0 aromatic heterocycles. The summed E-state index contributed by atoms with van der Waals surface area (Å²) in [5.74, 6) is 1.06. The number of hydrogen-bond donors (Lipinski definition) is 1. The molecule has 174 valence electrons. The minimum absolute atomic E-state index is 0.0881. The number of benzene rings is 2. The lowest BCUT2D eigenvalue weighted by molar-refractivity contribution is -0.141. The van der Waals surface area contributed by atoms with Gasteiger partial charge in [0.2, 0.25) is 11.8 Å². The molecule has 0 spiro atoms. The first-order valence-electron chi connectivity index (χ1n) is 12.6. The fourth-order valence-electron chi connectivity index (χ4n) is 5.10. The van der Waals surface area contributed by atoms with Crippen molar-refractivity contribution in [1.29, 1.82) is 0 Å². The highest BCUT2D eigenvalue weighted by atomic mass is 16.2. The zero-order valence-corrected chi connectivity index (χ0v) is 19.5. The zero-order chi connectivity index (χ0) is 22.6. The Bertz CT molecular complexity index is 978. The van der Waals surface area contributed by atoms with Crippen LogP contribution in [0.5, 0.6) is 0 Å². The molecule has 1 saturated carbocycles. The number of nitrogens with one attached hydrogen (secondary N) is 1. The van der Waals surface area contributed by atoms with E-state index in [9.17, 15) is 9.59 Å². The highest BCUT2D eigenvalue weighted by Gasteiger charge is 2.28. The van der Waals surface area contributed by atoms with Gasteiger partial charge in [-0.1, -0.05) is 48.5 Å². The molecule has 3 aliphatic rings. The summed E-state index contributed by atoms with van der Waals surface area (Å²) >= 11 is 0. The second-order valence-electron chi connectivity index (χ2n) is 10.0. The van der Waals surface area contributed by atoms with Gasteiger partial charge in [-0.25, -0.2) is 0 Å². The van der Waals surface area contributed by atoms with Crippen LogP contribution in [0.2, 0.25) is 0 Å². The van der Waals surface area contributed by atoms with Crippen LogP contribution >= 0.6 is 0 Å². The molecular weight excluding hydrogens is 410 g/mol. The Morgan fingerprint density at radius 2 is 1.70 bits per heavy atom. The van der Waals surface area contributed by atoms with Crippen molar-refractivity contribution < 1.29 is 9.59 Å². The van der Waals surface area contributed by atoms with Crippen LogP contribution in [0.25, 0.3) is 0 Å². The van der Waals surface area contributed by atoms with Crippen molar-refractivity contribution in [1.82, 2.24) is 15.1 Å². The highest BCUT2D eigenvalue weighted by Crippen LogP contribution is 2.28. The third-order valence-corrected chi connectivity index (χ3v) is 7.41. The van der Waals surface area contributed by atoms with E-state index in [1.807, 2.05) is 11.0 Å². The van der Waals surface area contributed by atoms with Gasteiger partial charge < -0.3 is 15.1 Å². The lowest BCUT2D eigenvalue weighted by Crippen LogP contribution is -2.48. The number of carbonyl (C=O) groups is 2. The Hall–Kier alpha value is -2.66. The first-order valence-corrected chi connectivity index (χ1v) is 12.6. The lowest BCUT2D eigenvalue weighted by atomic mass is 9.97. The summed E-state index contributed by atoms with van der Waals surface area (Å²) in [5, 5.41) is 3.67. The lowest BCUT2D eigenvalue weighted by Gasteiger charge is -2.34. The number of nitrogens with zero attached hydrogens (tertiary/aromatic N) is 2. The number of amides is 2. The summed E-state index contributed by atoms with van der Waals surface area (Å²) in [6, 6.07) is 17.6. The van der Waals surface area contributed by atoms with Crippen molar-refractivity contribution in [2.45, 2.75) is 57.5 Å². The van der Waals surface area contributed by atoms with Crippen molar-refractivity contribution >= 4 is 11.8 Å². The van der Waals surface area contributed by atoms with Gasteiger partial charge in [0.25, 0.3) is 0 Å². The average Bonchev–Trinajstić information content (AvgIpc) is 3.68. The first kappa shape index (κ1) is 22.1. The smallest absolute Gasteiger partial charge is 0.242 e. The molecule has 2 aliphatic heterocycles. The summed E-state index contributed by atoms with van der Waals surface area (Å²) in [5.41, 5.74) is 4.95. The van der Waals surface area contributed by atoms with E-state index in [1.165, 1.54) is 35.1 Å². The predicted molar refractivity (Wildman–Crippen MR) is 130 cm³/mol. The van der Waals surface area contributed by atoms with E-state index in [2.05, 4.69) is 47.8 Å². The summed E-state index contributed by atoms with van der Waals surface area (Å²) in [6.45, 7) is 3.44. The maximum Gasteiger partial charge on any atom is 0.242 e. The molecule has 2 fully saturated rings. The van der Waals surface area contributed by atoms with Crippen LogP contribution in [0.4, 0.5) is 0 Å². The van der Waals surface area contributed by atoms with Crippen LogP contribution in [-0.2, 0) is 29.0 Å². The van der Waals surface area contributed by atoms with E-state index in [-0.39, 0.29) is 18.4 Å². The second-order valence-corrected chi connectivity index (χ2v) is 10.0. The molecule has 5 heteroatoms. The van der Waals surface area contributed by atoms with Gasteiger partial charge in [0.1, 0.15) is 6.54 Å². The number of aryl methyl sites for hydroxylation is 1. The third kappa shape index (κ3) is 5.83. The Morgan fingerprint density at radius 1 is 0.909 bits per heavy atom. The summed E-state index contributed by atoms with van der Waals surface area (Å²) in [7, 11) is 0. The Labute approximate surface area is 197 Å². The number of carbonyl (C=O) groups excluding carboxylic acids is 2. The van der Waals surface area contributed by atoms with Crippen LogP contribution in [-0.4, -0.2) is 53.8 Å². The van der Waals surface area contributed by atoms with Gasteiger partial charge in [-0.15, -0.1) is 0 Å². The number of likely N-dealkylation sites (tertiary alicyclic amines) is 1. The SMILES string of the molecule is O=C(CN1Cc2cc(Cc3ccccc3)ccc2CCC1=O)N1CCC(NCC2CC2)CC1. The van der Waals surface area contributed by atoms with E-state index in [0.29, 0.717) is 19.0 Å². The number of piperidine rings is 1. The minimum atomic E-state index is 0.0881. The quantitative estimate of drug-likeness (QED) is 0.709. The molecule has 1 N–H and O–H groups in total.